The Kier molecular flexibility index (Phi) is 8.07. The van der Waals surface area contributed by atoms with Crippen LogP contribution in [0.25, 0.3) is 0 Å². The van der Waals surface area contributed by atoms with Gasteiger partial charge in [-0.15, -0.1) is 0 Å². The molecule has 1 amide bonds. The van der Waals surface area contributed by atoms with E-state index in [9.17, 15) is 13.2 Å². The largest absolute Gasteiger partial charge is 0.496 e. The first-order valence-corrected chi connectivity index (χ1v) is 13.0. The first-order chi connectivity index (χ1) is 15.8. The van der Waals surface area contributed by atoms with Crippen molar-refractivity contribution in [2.45, 2.75) is 63.1 Å². The topological polar surface area (TPSA) is 82.1 Å². The Morgan fingerprint density at radius 1 is 1.09 bits per heavy atom. The van der Waals surface area contributed by atoms with Crippen molar-refractivity contribution in [1.82, 2.24) is 4.90 Å². The zero-order valence-corrected chi connectivity index (χ0v) is 22.1. The smallest absolute Gasteiger partial charge is 0.411 e. The molecule has 0 saturated carbocycles. The highest BCUT2D eigenvalue weighted by atomic mass is 35.5. The summed E-state index contributed by atoms with van der Waals surface area (Å²) in [7, 11) is -2.50. The SMILES string of the molecule is COc1ccc(Cl)c(Cl)c1[C@H]1CC[C@@H](COS(=O)(=O)c2ccc(C)cc2)N1C(=O)OC(C)(C)C. The Hall–Kier alpha value is -2.00. The fraction of sp³-hybridized carbons (Fsp3) is 0.458. The van der Waals surface area contributed by atoms with Gasteiger partial charge in [0, 0.05) is 5.56 Å². The van der Waals surface area contributed by atoms with Crippen LogP contribution >= 0.6 is 23.2 Å². The molecule has 10 heteroatoms. The lowest BCUT2D eigenvalue weighted by Gasteiger charge is -2.33. The molecule has 3 rings (SSSR count). The third-order valence-electron chi connectivity index (χ3n) is 5.48. The van der Waals surface area contributed by atoms with Crippen molar-refractivity contribution >= 4 is 39.4 Å². The van der Waals surface area contributed by atoms with Crippen LogP contribution in [0.1, 0.15) is 50.8 Å². The first-order valence-electron chi connectivity index (χ1n) is 10.8. The van der Waals surface area contributed by atoms with Crippen LogP contribution < -0.4 is 4.74 Å². The molecule has 34 heavy (non-hydrogen) atoms. The number of halogens is 2. The molecule has 7 nitrogen and oxygen atoms in total. The van der Waals surface area contributed by atoms with Crippen LogP contribution in [-0.4, -0.2) is 44.8 Å². The highest BCUT2D eigenvalue weighted by molar-refractivity contribution is 7.86. The number of benzene rings is 2. The lowest BCUT2D eigenvalue weighted by atomic mass is 10.0. The van der Waals surface area contributed by atoms with E-state index in [1.165, 1.54) is 24.1 Å². The Bertz CT molecular complexity index is 1150. The number of methoxy groups -OCH3 is 1. The van der Waals surface area contributed by atoms with Gasteiger partial charge in [-0.2, -0.15) is 8.42 Å². The fourth-order valence-corrected chi connectivity index (χ4v) is 5.29. The van der Waals surface area contributed by atoms with Crippen molar-refractivity contribution in [2.24, 2.45) is 0 Å². The molecule has 2 atom stereocenters. The van der Waals surface area contributed by atoms with Crippen molar-refractivity contribution in [3.8, 4) is 5.75 Å². The third-order valence-corrected chi connectivity index (χ3v) is 7.59. The average Bonchev–Trinajstić information content (AvgIpc) is 3.17. The van der Waals surface area contributed by atoms with E-state index in [1.54, 1.807) is 45.0 Å². The summed E-state index contributed by atoms with van der Waals surface area (Å²) in [5.41, 5.74) is 0.721. The van der Waals surface area contributed by atoms with Crippen LogP contribution in [0.3, 0.4) is 0 Å². The van der Waals surface area contributed by atoms with Crippen molar-refractivity contribution < 1.29 is 26.9 Å². The van der Waals surface area contributed by atoms with E-state index in [1.807, 2.05) is 6.92 Å². The quantitative estimate of drug-likeness (QED) is 0.417. The second-order valence-corrected chi connectivity index (χ2v) is 11.6. The van der Waals surface area contributed by atoms with E-state index in [4.69, 9.17) is 36.9 Å². The van der Waals surface area contributed by atoms with Gasteiger partial charge in [0.2, 0.25) is 0 Å². The van der Waals surface area contributed by atoms with Gasteiger partial charge in [-0.05, 0) is 64.8 Å². The number of hydrogen-bond donors (Lipinski definition) is 0. The molecular weight excluding hydrogens is 501 g/mol. The van der Waals surface area contributed by atoms with Gasteiger partial charge >= 0.3 is 6.09 Å². The van der Waals surface area contributed by atoms with Gasteiger partial charge in [-0.1, -0.05) is 40.9 Å². The lowest BCUT2D eigenvalue weighted by molar-refractivity contribution is 0.00997. The summed E-state index contributed by atoms with van der Waals surface area (Å²) in [5.74, 6) is 0.474. The number of rotatable bonds is 6. The summed E-state index contributed by atoms with van der Waals surface area (Å²) < 4.78 is 42.0. The zero-order chi connectivity index (χ0) is 25.3. The van der Waals surface area contributed by atoms with Gasteiger partial charge in [-0.25, -0.2) is 4.79 Å². The number of likely N-dealkylation sites (tertiary alicyclic amines) is 1. The molecule has 2 aromatic rings. The number of hydrogen-bond acceptors (Lipinski definition) is 6. The molecule has 0 radical (unpaired) electrons. The molecule has 0 aromatic heterocycles. The Balaban J connectivity index is 1.93. The number of nitrogens with zero attached hydrogens (tertiary/aromatic N) is 1. The summed E-state index contributed by atoms with van der Waals surface area (Å²) in [6.07, 6.45) is 0.363. The maximum Gasteiger partial charge on any atom is 0.411 e. The minimum atomic E-state index is -4.01. The molecule has 0 N–H and O–H groups in total. The summed E-state index contributed by atoms with van der Waals surface area (Å²) in [6, 6.07) is 8.57. The van der Waals surface area contributed by atoms with Crippen LogP contribution in [0, 0.1) is 6.92 Å². The van der Waals surface area contributed by atoms with E-state index in [0.29, 0.717) is 29.2 Å². The fourth-order valence-electron chi connectivity index (χ4n) is 3.90. The van der Waals surface area contributed by atoms with Crippen LogP contribution in [0.5, 0.6) is 5.75 Å². The molecular formula is C24H29Cl2NO6S. The standard InChI is InChI=1S/C24H29Cl2NO6S/c1-15-6-9-17(10-7-15)34(29,30)32-14-16-8-12-19(27(16)23(28)33-24(2,3)4)21-20(31-5)13-11-18(25)22(21)26/h6-7,9-11,13,16,19H,8,12,14H2,1-5H3/t16-,19+/m0/s1. The minimum absolute atomic E-state index is 0.0519. The number of amides is 1. The molecule has 0 unspecified atom stereocenters. The number of ether oxygens (including phenoxy) is 2. The predicted octanol–water partition coefficient (Wildman–Crippen LogP) is 6.16. The number of carbonyl (C=O) groups is 1. The molecule has 1 fully saturated rings. The molecule has 1 heterocycles. The zero-order valence-electron chi connectivity index (χ0n) is 19.8. The number of aryl methyl sites for hydroxylation is 1. The van der Waals surface area contributed by atoms with Gasteiger partial charge in [0.05, 0.1) is 40.7 Å². The van der Waals surface area contributed by atoms with Crippen molar-refractivity contribution in [2.75, 3.05) is 13.7 Å². The van der Waals surface area contributed by atoms with Gasteiger partial charge in [0.1, 0.15) is 11.4 Å². The average molecular weight is 530 g/mol. The normalized spacial score (nSPS) is 18.7. The van der Waals surface area contributed by atoms with E-state index in [2.05, 4.69) is 0 Å². The maximum absolute atomic E-state index is 13.3. The summed E-state index contributed by atoms with van der Waals surface area (Å²) in [5, 5.41) is 0.594. The van der Waals surface area contributed by atoms with Crippen LogP contribution in [0.4, 0.5) is 4.79 Å². The molecule has 1 aliphatic rings. The second kappa shape index (κ2) is 10.3. The third kappa shape index (κ3) is 5.97. The van der Waals surface area contributed by atoms with Crippen molar-refractivity contribution in [3.63, 3.8) is 0 Å². The Morgan fingerprint density at radius 3 is 2.32 bits per heavy atom. The minimum Gasteiger partial charge on any atom is -0.496 e. The Labute approximate surface area is 211 Å². The van der Waals surface area contributed by atoms with Gasteiger partial charge in [-0.3, -0.25) is 9.08 Å². The summed E-state index contributed by atoms with van der Waals surface area (Å²) in [4.78, 5) is 14.8. The van der Waals surface area contributed by atoms with E-state index in [0.717, 1.165) is 5.56 Å². The maximum atomic E-state index is 13.3. The van der Waals surface area contributed by atoms with Crippen molar-refractivity contribution in [1.29, 1.82) is 0 Å². The predicted molar refractivity (Wildman–Crippen MR) is 131 cm³/mol. The second-order valence-electron chi connectivity index (χ2n) is 9.16. The molecule has 1 saturated heterocycles. The van der Waals surface area contributed by atoms with Crippen LogP contribution in [0.15, 0.2) is 41.3 Å². The van der Waals surface area contributed by atoms with E-state index >= 15 is 0 Å². The van der Waals surface area contributed by atoms with E-state index < -0.39 is 33.9 Å². The highest BCUT2D eigenvalue weighted by Crippen LogP contribution is 2.46. The molecule has 0 bridgehead atoms. The molecule has 186 valence electrons. The van der Waals surface area contributed by atoms with Gasteiger partial charge < -0.3 is 9.47 Å². The molecule has 1 aliphatic heterocycles. The van der Waals surface area contributed by atoms with Gasteiger partial charge in [0.15, 0.2) is 0 Å². The number of carbonyl (C=O) groups excluding carboxylic acids is 1. The molecule has 2 aromatic carbocycles. The Morgan fingerprint density at radius 2 is 1.74 bits per heavy atom. The molecule has 0 aliphatic carbocycles. The monoisotopic (exact) mass is 529 g/mol. The van der Waals surface area contributed by atoms with Gasteiger partial charge in [0.25, 0.3) is 10.1 Å². The van der Waals surface area contributed by atoms with Crippen LogP contribution in [-0.2, 0) is 19.0 Å². The highest BCUT2D eigenvalue weighted by Gasteiger charge is 2.43. The lowest BCUT2D eigenvalue weighted by Crippen LogP contribution is -2.43. The molecule has 0 spiro atoms. The summed E-state index contributed by atoms with van der Waals surface area (Å²) in [6.45, 7) is 6.92. The van der Waals surface area contributed by atoms with Crippen LogP contribution in [0.2, 0.25) is 10.0 Å². The van der Waals surface area contributed by atoms with Crippen molar-refractivity contribution in [3.05, 3.63) is 57.6 Å². The first kappa shape index (κ1) is 26.6. The summed E-state index contributed by atoms with van der Waals surface area (Å²) >= 11 is 12.8. The van der Waals surface area contributed by atoms with E-state index in [-0.39, 0.29) is 16.5 Å².